The number of nitrogens with two attached hydrogens (primary N) is 3. The van der Waals surface area contributed by atoms with E-state index in [4.69, 9.17) is 40.4 Å². The molecule has 5 nitrogen and oxygen atoms in total. The molecule has 0 bridgehead atoms. The predicted molar refractivity (Wildman–Crippen MR) is 81.5 cm³/mol. The summed E-state index contributed by atoms with van der Waals surface area (Å²) in [6.45, 7) is 1.87. The fourth-order valence-corrected chi connectivity index (χ4v) is 2.17. The topological polar surface area (TPSA) is 104 Å². The van der Waals surface area contributed by atoms with Crippen LogP contribution in [-0.4, -0.2) is 9.97 Å². The average molecular weight is 318 g/mol. The molecule has 1 heterocycles. The van der Waals surface area contributed by atoms with Gasteiger partial charge in [-0.3, -0.25) is 0 Å². The monoisotopic (exact) mass is 317 g/mol. The second kappa shape index (κ2) is 7.28. The molecule has 0 unspecified atom stereocenters. The number of nitrogen functional groups attached to an aromatic ring is 1. The van der Waals surface area contributed by atoms with Gasteiger partial charge in [0.05, 0.1) is 11.2 Å². The number of halogens is 2. The first-order chi connectivity index (χ1) is 8.95. The van der Waals surface area contributed by atoms with Gasteiger partial charge in [-0.15, -0.1) is 0 Å². The zero-order valence-electron chi connectivity index (χ0n) is 10.1. The molecule has 1 aromatic rings. The fraction of sp³-hybridized carbons (Fsp3) is 0.0909. The van der Waals surface area contributed by atoms with Gasteiger partial charge in [0.25, 0.3) is 0 Å². The second-order valence-corrected chi connectivity index (χ2v) is 5.11. The van der Waals surface area contributed by atoms with Crippen LogP contribution in [0.4, 0.5) is 5.82 Å². The first kappa shape index (κ1) is 15.7. The fourth-order valence-electron chi connectivity index (χ4n) is 1.03. The quantitative estimate of drug-likeness (QED) is 0.582. The zero-order chi connectivity index (χ0) is 14.4. The van der Waals surface area contributed by atoms with Gasteiger partial charge in [-0.1, -0.05) is 47.1 Å². The number of thioether (sulfide) groups is 1. The van der Waals surface area contributed by atoms with Gasteiger partial charge in [0.1, 0.15) is 16.0 Å². The molecule has 0 aliphatic rings. The maximum absolute atomic E-state index is 6.04. The highest BCUT2D eigenvalue weighted by molar-refractivity contribution is 8.03. The smallest absolute Gasteiger partial charge is 0.158 e. The highest BCUT2D eigenvalue weighted by Crippen LogP contribution is 2.35. The summed E-state index contributed by atoms with van der Waals surface area (Å²) in [5.41, 5.74) is 16.7. The number of allylic oxidation sites excluding steroid dienone is 4. The largest absolute Gasteiger partial charge is 0.384 e. The van der Waals surface area contributed by atoms with Crippen LogP contribution in [0.2, 0.25) is 5.15 Å². The summed E-state index contributed by atoms with van der Waals surface area (Å²) in [4.78, 5) is 8.60. The molecular formula is C11H13Cl2N5S. The van der Waals surface area contributed by atoms with Gasteiger partial charge in [-0.05, 0) is 13.0 Å². The number of hydrogen-bond acceptors (Lipinski definition) is 6. The highest BCUT2D eigenvalue weighted by Gasteiger charge is 2.12. The van der Waals surface area contributed by atoms with E-state index in [1.807, 2.05) is 13.0 Å². The van der Waals surface area contributed by atoms with Gasteiger partial charge < -0.3 is 17.2 Å². The summed E-state index contributed by atoms with van der Waals surface area (Å²) < 4.78 is 0. The van der Waals surface area contributed by atoms with Crippen molar-refractivity contribution in [3.63, 3.8) is 0 Å². The van der Waals surface area contributed by atoms with Crippen molar-refractivity contribution in [1.82, 2.24) is 9.97 Å². The zero-order valence-corrected chi connectivity index (χ0v) is 12.4. The number of anilines is 1. The maximum atomic E-state index is 6.04. The summed E-state index contributed by atoms with van der Waals surface area (Å²) in [5, 5.41) is 0.930. The van der Waals surface area contributed by atoms with Crippen molar-refractivity contribution < 1.29 is 0 Å². The number of aromatic nitrogens is 2. The van der Waals surface area contributed by atoms with Gasteiger partial charge in [-0.25, -0.2) is 9.97 Å². The Morgan fingerprint density at radius 1 is 1.42 bits per heavy atom. The van der Waals surface area contributed by atoms with E-state index in [9.17, 15) is 0 Å². The highest BCUT2D eigenvalue weighted by atomic mass is 35.5. The van der Waals surface area contributed by atoms with Crippen molar-refractivity contribution in [3.05, 3.63) is 45.3 Å². The minimum absolute atomic E-state index is 0.0189. The van der Waals surface area contributed by atoms with Crippen LogP contribution in [0.1, 0.15) is 6.92 Å². The Labute approximate surface area is 125 Å². The molecule has 0 aromatic carbocycles. The summed E-state index contributed by atoms with van der Waals surface area (Å²) in [5.74, 6) is 0.231. The molecule has 0 amide bonds. The standard InChI is InChI=1S/C11H13Cl2N5S/c1-2-3-4-6(8(13)9(14)15)19-11-10(16)18-7(12)5-17-11/h2-5H,14-15H2,1H3,(H2,16,18)/b3-2+,6-4+. The number of rotatable bonds is 4. The van der Waals surface area contributed by atoms with E-state index in [1.54, 1.807) is 12.2 Å². The summed E-state index contributed by atoms with van der Waals surface area (Å²) in [7, 11) is 0. The Bertz CT molecular complexity index is 550. The van der Waals surface area contributed by atoms with Crippen LogP contribution in [0.25, 0.3) is 0 Å². The van der Waals surface area contributed by atoms with E-state index < -0.39 is 0 Å². The lowest BCUT2D eigenvalue weighted by Gasteiger charge is -2.08. The lowest BCUT2D eigenvalue weighted by Crippen LogP contribution is -2.10. The lowest BCUT2D eigenvalue weighted by molar-refractivity contribution is 1.07. The van der Waals surface area contributed by atoms with Crippen LogP contribution in [0.3, 0.4) is 0 Å². The van der Waals surface area contributed by atoms with Gasteiger partial charge in [-0.2, -0.15) is 0 Å². The van der Waals surface area contributed by atoms with Crippen molar-refractivity contribution in [1.29, 1.82) is 0 Å². The number of nitrogens with zero attached hydrogens (tertiary/aromatic N) is 2. The third kappa shape index (κ3) is 4.66. The molecule has 0 saturated carbocycles. The Kier molecular flexibility index (Phi) is 6.01. The molecule has 102 valence electrons. The Hall–Kier alpha value is -1.37. The van der Waals surface area contributed by atoms with Crippen molar-refractivity contribution in [2.75, 3.05) is 5.73 Å². The van der Waals surface area contributed by atoms with E-state index in [2.05, 4.69) is 9.97 Å². The van der Waals surface area contributed by atoms with E-state index in [0.717, 1.165) is 0 Å². The molecule has 8 heteroatoms. The van der Waals surface area contributed by atoms with Crippen molar-refractivity contribution >= 4 is 40.8 Å². The van der Waals surface area contributed by atoms with Crippen LogP contribution in [0.15, 0.2) is 45.2 Å². The first-order valence-corrected chi connectivity index (χ1v) is 6.73. The Balaban J connectivity index is 3.12. The third-order valence-electron chi connectivity index (χ3n) is 1.85. The van der Waals surface area contributed by atoms with E-state index in [0.29, 0.717) is 9.93 Å². The van der Waals surface area contributed by atoms with Crippen LogP contribution < -0.4 is 17.2 Å². The normalized spacial score (nSPS) is 11.8. The van der Waals surface area contributed by atoms with E-state index in [-0.39, 0.29) is 21.8 Å². The molecule has 0 atom stereocenters. The molecule has 0 aliphatic heterocycles. The van der Waals surface area contributed by atoms with E-state index in [1.165, 1.54) is 18.0 Å². The second-order valence-electron chi connectivity index (χ2n) is 3.31. The van der Waals surface area contributed by atoms with Crippen molar-refractivity contribution in [2.24, 2.45) is 11.5 Å². The average Bonchev–Trinajstić information content (AvgIpc) is 2.36. The minimum Gasteiger partial charge on any atom is -0.384 e. The first-order valence-electron chi connectivity index (χ1n) is 5.15. The van der Waals surface area contributed by atoms with Crippen LogP contribution in [0.5, 0.6) is 0 Å². The predicted octanol–water partition coefficient (Wildman–Crippen LogP) is 2.59. The lowest BCUT2D eigenvalue weighted by atomic mass is 10.4. The molecule has 0 saturated heterocycles. The van der Waals surface area contributed by atoms with Gasteiger partial charge in [0, 0.05) is 4.91 Å². The molecule has 19 heavy (non-hydrogen) atoms. The van der Waals surface area contributed by atoms with Crippen molar-refractivity contribution in [2.45, 2.75) is 11.9 Å². The van der Waals surface area contributed by atoms with Gasteiger partial charge >= 0.3 is 0 Å². The molecule has 6 N–H and O–H groups in total. The molecule has 0 fully saturated rings. The summed E-state index contributed by atoms with van der Waals surface area (Å²) >= 11 is 12.9. The summed E-state index contributed by atoms with van der Waals surface area (Å²) in [6.07, 6.45) is 6.79. The van der Waals surface area contributed by atoms with Crippen LogP contribution >= 0.6 is 35.0 Å². The molecule has 1 rings (SSSR count). The van der Waals surface area contributed by atoms with E-state index >= 15 is 0 Å². The SMILES string of the molecule is C/C=C/C=C(/Sc1ncc(Cl)nc1N)C(Cl)=C(N)N. The molecule has 0 spiro atoms. The third-order valence-corrected chi connectivity index (χ3v) is 3.64. The molecule has 0 aliphatic carbocycles. The Morgan fingerprint density at radius 3 is 2.63 bits per heavy atom. The molecular weight excluding hydrogens is 305 g/mol. The maximum Gasteiger partial charge on any atom is 0.158 e. The van der Waals surface area contributed by atoms with Crippen molar-refractivity contribution in [3.8, 4) is 0 Å². The van der Waals surface area contributed by atoms with Crippen LogP contribution in [-0.2, 0) is 0 Å². The van der Waals surface area contributed by atoms with Gasteiger partial charge in [0.2, 0.25) is 0 Å². The molecule has 1 aromatic heterocycles. The number of hydrogen-bond donors (Lipinski definition) is 3. The molecule has 0 radical (unpaired) electrons. The Morgan fingerprint density at radius 2 is 2.11 bits per heavy atom. The minimum atomic E-state index is 0.0189. The summed E-state index contributed by atoms with van der Waals surface area (Å²) in [6, 6.07) is 0. The van der Waals surface area contributed by atoms with Gasteiger partial charge in [0.15, 0.2) is 5.82 Å². The van der Waals surface area contributed by atoms with Crippen LogP contribution in [0, 0.1) is 0 Å².